The molecule has 0 fully saturated rings. The summed E-state index contributed by atoms with van der Waals surface area (Å²) in [4.78, 5) is 24.8. The van der Waals surface area contributed by atoms with Gasteiger partial charge < -0.3 is 14.8 Å². The molecule has 1 heterocycles. The monoisotopic (exact) mass is 276 g/mol. The zero-order chi connectivity index (χ0) is 14.7. The summed E-state index contributed by atoms with van der Waals surface area (Å²) in [6.45, 7) is 2.10. The molecule has 0 radical (unpaired) electrons. The van der Waals surface area contributed by atoms with Crippen LogP contribution in [0.5, 0.6) is 11.5 Å². The van der Waals surface area contributed by atoms with Crippen LogP contribution in [-0.4, -0.2) is 37.5 Å². The van der Waals surface area contributed by atoms with Crippen LogP contribution in [0, 0.1) is 0 Å². The summed E-state index contributed by atoms with van der Waals surface area (Å²) < 4.78 is 10.3. The van der Waals surface area contributed by atoms with Gasteiger partial charge >= 0.3 is 0 Å². The summed E-state index contributed by atoms with van der Waals surface area (Å²) >= 11 is 0. The largest absolute Gasteiger partial charge is 0.497 e. The minimum atomic E-state index is -0.338. The first-order valence-corrected chi connectivity index (χ1v) is 6.17. The summed E-state index contributed by atoms with van der Waals surface area (Å²) in [7, 11) is 3.08. The Balaban J connectivity index is 2.25. The standard InChI is InChI=1S/C14H16N2O4/c1-4-16-13(17)8-11(14(16)18)15-10-6-5-9(19-2)7-12(10)20-3/h5-8,15H,4H2,1-3H3. The zero-order valence-electron chi connectivity index (χ0n) is 11.6. The van der Waals surface area contributed by atoms with Gasteiger partial charge in [0, 0.05) is 18.7 Å². The highest BCUT2D eigenvalue weighted by molar-refractivity contribution is 6.17. The van der Waals surface area contributed by atoms with Gasteiger partial charge in [-0.15, -0.1) is 0 Å². The quantitative estimate of drug-likeness (QED) is 0.823. The molecule has 0 unspecified atom stereocenters. The SMILES string of the molecule is CCN1C(=O)C=C(Nc2ccc(OC)cc2OC)C1=O. The molecular weight excluding hydrogens is 260 g/mol. The first kappa shape index (κ1) is 13.9. The maximum Gasteiger partial charge on any atom is 0.277 e. The number of imide groups is 1. The van der Waals surface area contributed by atoms with Crippen molar-refractivity contribution < 1.29 is 19.1 Å². The van der Waals surface area contributed by atoms with E-state index in [4.69, 9.17) is 9.47 Å². The van der Waals surface area contributed by atoms with Crippen LogP contribution in [0.4, 0.5) is 5.69 Å². The molecule has 0 bridgehead atoms. The Bertz CT molecular complexity index is 581. The Morgan fingerprint density at radius 2 is 1.95 bits per heavy atom. The molecule has 0 spiro atoms. The van der Waals surface area contributed by atoms with Crippen LogP contribution in [0.2, 0.25) is 0 Å². The van der Waals surface area contributed by atoms with Crippen LogP contribution in [0.1, 0.15) is 6.92 Å². The number of nitrogens with one attached hydrogen (secondary N) is 1. The van der Waals surface area contributed by atoms with Crippen molar-refractivity contribution in [3.63, 3.8) is 0 Å². The first-order chi connectivity index (χ1) is 9.60. The maximum absolute atomic E-state index is 12.0. The van der Waals surface area contributed by atoms with Gasteiger partial charge in [0.25, 0.3) is 11.8 Å². The predicted octanol–water partition coefficient (Wildman–Crippen LogP) is 1.39. The van der Waals surface area contributed by atoms with Gasteiger partial charge in [-0.3, -0.25) is 14.5 Å². The van der Waals surface area contributed by atoms with Crippen molar-refractivity contribution in [2.45, 2.75) is 6.92 Å². The fourth-order valence-corrected chi connectivity index (χ4v) is 1.94. The number of methoxy groups -OCH3 is 2. The van der Waals surface area contributed by atoms with Gasteiger partial charge in [-0.1, -0.05) is 0 Å². The molecule has 0 aromatic heterocycles. The van der Waals surface area contributed by atoms with Crippen molar-refractivity contribution >= 4 is 17.5 Å². The molecule has 2 rings (SSSR count). The van der Waals surface area contributed by atoms with E-state index >= 15 is 0 Å². The van der Waals surface area contributed by atoms with E-state index in [1.54, 1.807) is 32.2 Å². The van der Waals surface area contributed by atoms with Crippen LogP contribution in [0.3, 0.4) is 0 Å². The van der Waals surface area contributed by atoms with Crippen LogP contribution >= 0.6 is 0 Å². The first-order valence-electron chi connectivity index (χ1n) is 6.17. The number of benzene rings is 1. The molecule has 6 heteroatoms. The van der Waals surface area contributed by atoms with E-state index in [1.165, 1.54) is 18.1 Å². The van der Waals surface area contributed by atoms with E-state index in [1.807, 2.05) is 0 Å². The second-order valence-electron chi connectivity index (χ2n) is 4.14. The van der Waals surface area contributed by atoms with Gasteiger partial charge in [-0.25, -0.2) is 0 Å². The summed E-state index contributed by atoms with van der Waals surface area (Å²) in [6.07, 6.45) is 1.29. The van der Waals surface area contributed by atoms with Gasteiger partial charge in [0.2, 0.25) is 0 Å². The van der Waals surface area contributed by atoms with Crippen LogP contribution in [-0.2, 0) is 9.59 Å². The maximum atomic E-state index is 12.0. The second-order valence-corrected chi connectivity index (χ2v) is 4.14. The highest BCUT2D eigenvalue weighted by Gasteiger charge is 2.30. The molecule has 1 aromatic carbocycles. The molecule has 6 nitrogen and oxygen atoms in total. The number of carbonyl (C=O) groups excluding carboxylic acids is 2. The van der Waals surface area contributed by atoms with Crippen molar-refractivity contribution in [1.82, 2.24) is 4.90 Å². The van der Waals surface area contributed by atoms with Gasteiger partial charge in [-0.05, 0) is 19.1 Å². The van der Waals surface area contributed by atoms with E-state index in [2.05, 4.69) is 5.32 Å². The Hall–Kier alpha value is -2.50. The van der Waals surface area contributed by atoms with E-state index in [0.717, 1.165) is 0 Å². The Labute approximate surface area is 117 Å². The molecular formula is C14H16N2O4. The van der Waals surface area contributed by atoms with Crippen LogP contribution in [0.15, 0.2) is 30.0 Å². The predicted molar refractivity (Wildman–Crippen MR) is 73.6 cm³/mol. The molecule has 1 aliphatic rings. The summed E-state index contributed by atoms with van der Waals surface area (Å²) in [6, 6.07) is 5.16. The van der Waals surface area contributed by atoms with Crippen molar-refractivity contribution in [1.29, 1.82) is 0 Å². The lowest BCUT2D eigenvalue weighted by atomic mass is 10.2. The van der Waals surface area contributed by atoms with Crippen LogP contribution < -0.4 is 14.8 Å². The lowest BCUT2D eigenvalue weighted by molar-refractivity contribution is -0.136. The minimum absolute atomic E-state index is 0.236. The number of likely N-dealkylation sites (N-methyl/N-ethyl adjacent to an activating group) is 1. The molecule has 106 valence electrons. The topological polar surface area (TPSA) is 67.9 Å². The normalized spacial score (nSPS) is 14.3. The van der Waals surface area contributed by atoms with E-state index in [0.29, 0.717) is 23.7 Å². The molecule has 2 amide bonds. The number of hydrogen-bond acceptors (Lipinski definition) is 5. The summed E-state index contributed by atoms with van der Waals surface area (Å²) in [5.41, 5.74) is 0.832. The van der Waals surface area contributed by atoms with E-state index < -0.39 is 0 Å². The third-order valence-corrected chi connectivity index (χ3v) is 3.00. The number of amides is 2. The van der Waals surface area contributed by atoms with Crippen molar-refractivity contribution in [2.24, 2.45) is 0 Å². The zero-order valence-corrected chi connectivity index (χ0v) is 11.6. The average molecular weight is 276 g/mol. The number of anilines is 1. The highest BCUT2D eigenvalue weighted by Crippen LogP contribution is 2.30. The van der Waals surface area contributed by atoms with Gasteiger partial charge in [0.15, 0.2) is 0 Å². The number of hydrogen-bond donors (Lipinski definition) is 1. The Morgan fingerprint density at radius 3 is 2.50 bits per heavy atom. The fraction of sp³-hybridized carbons (Fsp3) is 0.286. The molecule has 0 saturated heterocycles. The van der Waals surface area contributed by atoms with Gasteiger partial charge in [0.1, 0.15) is 17.2 Å². The molecule has 0 aliphatic carbocycles. The molecule has 1 aromatic rings. The molecule has 1 N–H and O–H groups in total. The highest BCUT2D eigenvalue weighted by atomic mass is 16.5. The minimum Gasteiger partial charge on any atom is -0.497 e. The number of nitrogens with zero attached hydrogens (tertiary/aromatic N) is 1. The molecule has 0 saturated carbocycles. The van der Waals surface area contributed by atoms with E-state index in [9.17, 15) is 9.59 Å². The Morgan fingerprint density at radius 1 is 1.20 bits per heavy atom. The van der Waals surface area contributed by atoms with Crippen molar-refractivity contribution in [2.75, 3.05) is 26.1 Å². The summed E-state index contributed by atoms with van der Waals surface area (Å²) in [5.74, 6) is 0.522. The summed E-state index contributed by atoms with van der Waals surface area (Å²) in [5, 5.41) is 2.92. The van der Waals surface area contributed by atoms with Crippen molar-refractivity contribution in [3.05, 3.63) is 30.0 Å². The lowest BCUT2D eigenvalue weighted by Gasteiger charge is -2.14. The molecule has 1 aliphatic heterocycles. The number of ether oxygens (including phenoxy) is 2. The fourth-order valence-electron chi connectivity index (χ4n) is 1.94. The second kappa shape index (κ2) is 5.64. The Kier molecular flexibility index (Phi) is 3.93. The lowest BCUT2D eigenvalue weighted by Crippen LogP contribution is -2.31. The van der Waals surface area contributed by atoms with Gasteiger partial charge in [0.05, 0.1) is 19.9 Å². The third kappa shape index (κ3) is 2.45. The molecule has 0 atom stereocenters. The van der Waals surface area contributed by atoms with E-state index in [-0.39, 0.29) is 17.5 Å². The smallest absolute Gasteiger partial charge is 0.277 e. The number of carbonyl (C=O) groups is 2. The van der Waals surface area contributed by atoms with Crippen LogP contribution in [0.25, 0.3) is 0 Å². The molecule has 20 heavy (non-hydrogen) atoms. The average Bonchev–Trinajstić information content (AvgIpc) is 2.73. The number of rotatable bonds is 5. The van der Waals surface area contributed by atoms with Crippen molar-refractivity contribution in [3.8, 4) is 11.5 Å². The third-order valence-electron chi connectivity index (χ3n) is 3.00. The van der Waals surface area contributed by atoms with Gasteiger partial charge in [-0.2, -0.15) is 0 Å².